The van der Waals surface area contributed by atoms with Crippen LogP contribution in [-0.4, -0.2) is 25.2 Å². The number of aryl methyl sites for hydroxylation is 1. The molecular formula is C18H18N2O4S. The van der Waals surface area contributed by atoms with E-state index in [4.69, 9.17) is 5.26 Å². The van der Waals surface area contributed by atoms with Crippen LogP contribution in [0.5, 0.6) is 5.75 Å². The number of aromatic hydroxyl groups is 1. The van der Waals surface area contributed by atoms with Crippen LogP contribution in [-0.2, 0) is 21.1 Å². The Labute approximate surface area is 146 Å². The van der Waals surface area contributed by atoms with Crippen molar-refractivity contribution in [3.05, 3.63) is 53.6 Å². The number of phenolic OH excluding ortho intramolecular Hbond substituents is 1. The molecule has 2 N–H and O–H groups in total. The van der Waals surface area contributed by atoms with Crippen molar-refractivity contribution in [1.82, 2.24) is 0 Å². The monoisotopic (exact) mass is 358 g/mol. The molecule has 0 heterocycles. The first-order valence-electron chi connectivity index (χ1n) is 7.70. The largest absolute Gasteiger partial charge is 0.506 e. The molecule has 0 radical (unpaired) electrons. The Hall–Kier alpha value is -2.85. The molecule has 7 heteroatoms. The number of phenols is 1. The van der Waals surface area contributed by atoms with Gasteiger partial charge in [-0.3, -0.25) is 4.79 Å². The fraction of sp³-hybridized carbons (Fsp3) is 0.222. The van der Waals surface area contributed by atoms with Gasteiger partial charge in [0.05, 0.1) is 28.0 Å². The van der Waals surface area contributed by atoms with Crippen molar-refractivity contribution in [3.63, 3.8) is 0 Å². The minimum absolute atomic E-state index is 0.0511. The van der Waals surface area contributed by atoms with Crippen molar-refractivity contribution < 1.29 is 18.3 Å². The van der Waals surface area contributed by atoms with Gasteiger partial charge in [-0.05, 0) is 42.3 Å². The van der Waals surface area contributed by atoms with Crippen LogP contribution in [0.15, 0.2) is 47.4 Å². The summed E-state index contributed by atoms with van der Waals surface area (Å²) in [6, 6.07) is 12.7. The number of nitrogens with one attached hydrogen (secondary N) is 1. The van der Waals surface area contributed by atoms with Gasteiger partial charge in [-0.15, -0.1) is 0 Å². The van der Waals surface area contributed by atoms with Crippen LogP contribution in [0.25, 0.3) is 0 Å². The molecule has 0 fully saturated rings. The second kappa shape index (κ2) is 7.81. The fourth-order valence-electron chi connectivity index (χ4n) is 2.19. The van der Waals surface area contributed by atoms with E-state index in [2.05, 4.69) is 5.32 Å². The van der Waals surface area contributed by atoms with Gasteiger partial charge in [-0.1, -0.05) is 19.1 Å². The molecule has 2 aromatic rings. The third-order valence-corrected chi connectivity index (χ3v) is 5.44. The summed E-state index contributed by atoms with van der Waals surface area (Å²) in [5.74, 6) is -0.600. The molecule has 130 valence electrons. The van der Waals surface area contributed by atoms with Crippen molar-refractivity contribution in [2.75, 3.05) is 11.1 Å². The zero-order valence-electron chi connectivity index (χ0n) is 13.7. The maximum absolute atomic E-state index is 12.1. The standard InChI is InChI=1S/C18H18N2O4S/c1-2-25(23,24)15-8-9-17(21)16(11-15)20-18(22)10-7-13-3-5-14(12-19)6-4-13/h3-6,8-9,11,21H,2,7,10H2,1H3,(H,20,22). The summed E-state index contributed by atoms with van der Waals surface area (Å²) >= 11 is 0. The van der Waals surface area contributed by atoms with Crippen molar-refractivity contribution >= 4 is 21.4 Å². The summed E-state index contributed by atoms with van der Waals surface area (Å²) in [5, 5.41) is 21.1. The van der Waals surface area contributed by atoms with E-state index in [0.717, 1.165) is 5.56 Å². The number of benzene rings is 2. The van der Waals surface area contributed by atoms with Gasteiger partial charge in [0, 0.05) is 6.42 Å². The minimum Gasteiger partial charge on any atom is -0.506 e. The average molecular weight is 358 g/mol. The molecule has 0 aliphatic rings. The van der Waals surface area contributed by atoms with Crippen LogP contribution in [0, 0.1) is 11.3 Å². The zero-order chi connectivity index (χ0) is 18.4. The van der Waals surface area contributed by atoms with Gasteiger partial charge in [0.15, 0.2) is 9.84 Å². The lowest BCUT2D eigenvalue weighted by Gasteiger charge is -2.10. The first kappa shape index (κ1) is 18.5. The summed E-state index contributed by atoms with van der Waals surface area (Å²) in [7, 11) is -3.42. The highest BCUT2D eigenvalue weighted by Gasteiger charge is 2.15. The van der Waals surface area contributed by atoms with E-state index >= 15 is 0 Å². The molecule has 0 saturated carbocycles. The van der Waals surface area contributed by atoms with Crippen molar-refractivity contribution in [2.45, 2.75) is 24.7 Å². The number of carbonyl (C=O) groups is 1. The molecule has 0 aliphatic carbocycles. The Kier molecular flexibility index (Phi) is 5.78. The lowest BCUT2D eigenvalue weighted by Crippen LogP contribution is -2.13. The normalized spacial score (nSPS) is 10.9. The Balaban J connectivity index is 2.04. The number of anilines is 1. The second-order valence-corrected chi connectivity index (χ2v) is 7.72. The maximum atomic E-state index is 12.1. The number of carbonyl (C=O) groups excluding carboxylic acids is 1. The van der Waals surface area contributed by atoms with Gasteiger partial charge < -0.3 is 10.4 Å². The molecule has 0 unspecified atom stereocenters. The van der Waals surface area contributed by atoms with Gasteiger partial charge in [-0.25, -0.2) is 8.42 Å². The fourth-order valence-corrected chi connectivity index (χ4v) is 3.10. The van der Waals surface area contributed by atoms with Crippen LogP contribution >= 0.6 is 0 Å². The SMILES string of the molecule is CCS(=O)(=O)c1ccc(O)c(NC(=O)CCc2ccc(C#N)cc2)c1. The zero-order valence-corrected chi connectivity index (χ0v) is 14.5. The number of amides is 1. The van der Waals surface area contributed by atoms with Crippen LogP contribution < -0.4 is 5.32 Å². The molecule has 1 amide bonds. The predicted octanol–water partition coefficient (Wildman–Crippen LogP) is 2.63. The van der Waals surface area contributed by atoms with Gasteiger partial charge >= 0.3 is 0 Å². The van der Waals surface area contributed by atoms with E-state index in [1.165, 1.54) is 25.1 Å². The predicted molar refractivity (Wildman–Crippen MR) is 93.9 cm³/mol. The van der Waals surface area contributed by atoms with E-state index < -0.39 is 9.84 Å². The molecule has 0 bridgehead atoms. The van der Waals surface area contributed by atoms with Gasteiger partial charge in [0.1, 0.15) is 5.75 Å². The second-order valence-electron chi connectivity index (χ2n) is 5.44. The van der Waals surface area contributed by atoms with Gasteiger partial charge in [0.25, 0.3) is 0 Å². The summed E-state index contributed by atoms with van der Waals surface area (Å²) in [5.41, 5.74) is 1.52. The molecular weight excluding hydrogens is 340 g/mol. The number of hydrogen-bond acceptors (Lipinski definition) is 5. The topological polar surface area (TPSA) is 107 Å². The quantitative estimate of drug-likeness (QED) is 0.772. The van der Waals surface area contributed by atoms with E-state index in [1.54, 1.807) is 24.3 Å². The van der Waals surface area contributed by atoms with E-state index in [-0.39, 0.29) is 34.4 Å². The number of rotatable bonds is 6. The molecule has 0 aromatic heterocycles. The number of nitriles is 1. The smallest absolute Gasteiger partial charge is 0.224 e. The average Bonchev–Trinajstić information content (AvgIpc) is 2.62. The number of nitrogens with zero attached hydrogens (tertiary/aromatic N) is 1. The molecule has 25 heavy (non-hydrogen) atoms. The Morgan fingerprint density at radius 1 is 1.20 bits per heavy atom. The highest BCUT2D eigenvalue weighted by atomic mass is 32.2. The third-order valence-electron chi connectivity index (χ3n) is 3.71. The van der Waals surface area contributed by atoms with Crippen molar-refractivity contribution in [1.29, 1.82) is 5.26 Å². The molecule has 6 nitrogen and oxygen atoms in total. The first-order valence-corrected chi connectivity index (χ1v) is 9.35. The number of hydrogen-bond donors (Lipinski definition) is 2. The molecule has 2 aromatic carbocycles. The Morgan fingerprint density at radius 3 is 2.48 bits per heavy atom. The highest BCUT2D eigenvalue weighted by molar-refractivity contribution is 7.91. The van der Waals surface area contributed by atoms with Crippen LogP contribution in [0.2, 0.25) is 0 Å². The Morgan fingerprint density at radius 2 is 1.88 bits per heavy atom. The van der Waals surface area contributed by atoms with Crippen LogP contribution in [0.1, 0.15) is 24.5 Å². The van der Waals surface area contributed by atoms with Gasteiger partial charge in [0.2, 0.25) is 5.91 Å². The lowest BCUT2D eigenvalue weighted by molar-refractivity contribution is -0.116. The third kappa shape index (κ3) is 4.81. The minimum atomic E-state index is -3.42. The molecule has 0 spiro atoms. The molecule has 0 aliphatic heterocycles. The molecule has 2 rings (SSSR count). The summed E-state index contributed by atoms with van der Waals surface area (Å²) in [6.07, 6.45) is 0.626. The first-order chi connectivity index (χ1) is 11.9. The molecule has 0 atom stereocenters. The Bertz CT molecular complexity index is 913. The van der Waals surface area contributed by atoms with Gasteiger partial charge in [-0.2, -0.15) is 5.26 Å². The van der Waals surface area contributed by atoms with E-state index in [0.29, 0.717) is 12.0 Å². The van der Waals surface area contributed by atoms with E-state index in [9.17, 15) is 18.3 Å². The number of sulfone groups is 1. The van der Waals surface area contributed by atoms with E-state index in [1.807, 2.05) is 6.07 Å². The summed E-state index contributed by atoms with van der Waals surface area (Å²) in [6.45, 7) is 1.53. The molecule has 0 saturated heterocycles. The highest BCUT2D eigenvalue weighted by Crippen LogP contribution is 2.27. The summed E-state index contributed by atoms with van der Waals surface area (Å²) in [4.78, 5) is 12.1. The maximum Gasteiger partial charge on any atom is 0.224 e. The van der Waals surface area contributed by atoms with Crippen molar-refractivity contribution in [3.8, 4) is 11.8 Å². The summed E-state index contributed by atoms with van der Waals surface area (Å²) < 4.78 is 23.8. The van der Waals surface area contributed by atoms with Crippen LogP contribution in [0.4, 0.5) is 5.69 Å². The lowest BCUT2D eigenvalue weighted by atomic mass is 10.1. The van der Waals surface area contributed by atoms with Crippen LogP contribution in [0.3, 0.4) is 0 Å². The van der Waals surface area contributed by atoms with Crippen molar-refractivity contribution in [2.24, 2.45) is 0 Å².